The second kappa shape index (κ2) is 7.82. The molecule has 0 aliphatic rings. The SMILES string of the molecule is CN(C(=O)c1cccc(NS(=O)(=O)c2ccc(Cl)cc2)c1)c1ccccc1. The van der Waals surface area contributed by atoms with Gasteiger partial charge in [0.25, 0.3) is 15.9 Å². The van der Waals surface area contributed by atoms with Crippen LogP contribution in [0.4, 0.5) is 11.4 Å². The lowest BCUT2D eigenvalue weighted by Crippen LogP contribution is -2.26. The molecule has 0 unspecified atom stereocenters. The molecule has 3 rings (SSSR count). The number of benzene rings is 3. The van der Waals surface area contributed by atoms with Crippen molar-refractivity contribution in [1.82, 2.24) is 0 Å². The highest BCUT2D eigenvalue weighted by Gasteiger charge is 2.17. The van der Waals surface area contributed by atoms with Gasteiger partial charge in [0.2, 0.25) is 0 Å². The predicted octanol–water partition coefficient (Wildman–Crippen LogP) is 4.42. The van der Waals surface area contributed by atoms with Crippen molar-refractivity contribution in [3.63, 3.8) is 0 Å². The highest BCUT2D eigenvalue weighted by atomic mass is 35.5. The monoisotopic (exact) mass is 400 g/mol. The molecule has 7 heteroatoms. The Hall–Kier alpha value is -2.83. The Morgan fingerprint density at radius 2 is 1.59 bits per heavy atom. The summed E-state index contributed by atoms with van der Waals surface area (Å²) in [5, 5.41) is 0.450. The number of carbonyl (C=O) groups is 1. The molecule has 3 aromatic rings. The molecule has 27 heavy (non-hydrogen) atoms. The summed E-state index contributed by atoms with van der Waals surface area (Å²) in [6.45, 7) is 0. The van der Waals surface area contributed by atoms with E-state index in [1.165, 1.54) is 35.2 Å². The van der Waals surface area contributed by atoms with Crippen molar-refractivity contribution in [2.75, 3.05) is 16.7 Å². The number of amides is 1. The fourth-order valence-corrected chi connectivity index (χ4v) is 3.68. The molecule has 3 aromatic carbocycles. The Bertz CT molecular complexity index is 1050. The average molecular weight is 401 g/mol. The Balaban J connectivity index is 1.83. The Kier molecular flexibility index (Phi) is 5.48. The molecule has 0 saturated heterocycles. The molecule has 0 atom stereocenters. The molecule has 138 valence electrons. The zero-order valence-electron chi connectivity index (χ0n) is 14.5. The minimum atomic E-state index is -3.78. The van der Waals surface area contributed by atoms with E-state index in [9.17, 15) is 13.2 Å². The van der Waals surface area contributed by atoms with Crippen LogP contribution < -0.4 is 9.62 Å². The number of para-hydroxylation sites is 1. The zero-order valence-corrected chi connectivity index (χ0v) is 16.0. The van der Waals surface area contributed by atoms with Gasteiger partial charge in [0, 0.05) is 29.0 Å². The summed E-state index contributed by atoms with van der Waals surface area (Å²) < 4.78 is 27.5. The van der Waals surface area contributed by atoms with Gasteiger partial charge in [-0.25, -0.2) is 8.42 Å². The van der Waals surface area contributed by atoms with E-state index in [0.29, 0.717) is 16.3 Å². The number of hydrogen-bond donors (Lipinski definition) is 1. The molecule has 0 aromatic heterocycles. The van der Waals surface area contributed by atoms with Crippen LogP contribution in [0.5, 0.6) is 0 Å². The van der Waals surface area contributed by atoms with E-state index in [1.807, 2.05) is 30.3 Å². The zero-order chi connectivity index (χ0) is 19.4. The second-order valence-corrected chi connectivity index (χ2v) is 7.96. The molecule has 0 aliphatic carbocycles. The molecular weight excluding hydrogens is 384 g/mol. The largest absolute Gasteiger partial charge is 0.311 e. The molecule has 0 spiro atoms. The van der Waals surface area contributed by atoms with Gasteiger partial charge in [-0.05, 0) is 54.6 Å². The first kappa shape index (κ1) is 18.9. The highest BCUT2D eigenvalue weighted by molar-refractivity contribution is 7.92. The van der Waals surface area contributed by atoms with Crippen LogP contribution >= 0.6 is 11.6 Å². The fourth-order valence-electron chi connectivity index (χ4n) is 2.51. The minimum Gasteiger partial charge on any atom is -0.311 e. The number of anilines is 2. The van der Waals surface area contributed by atoms with Crippen LogP contribution in [-0.4, -0.2) is 21.4 Å². The van der Waals surface area contributed by atoms with Crippen LogP contribution in [0.2, 0.25) is 5.02 Å². The summed E-state index contributed by atoms with van der Waals surface area (Å²) in [6, 6.07) is 21.4. The van der Waals surface area contributed by atoms with Crippen molar-refractivity contribution in [3.8, 4) is 0 Å². The molecule has 0 fully saturated rings. The fraction of sp³-hybridized carbons (Fsp3) is 0.0500. The molecule has 1 N–H and O–H groups in total. The van der Waals surface area contributed by atoms with Gasteiger partial charge in [-0.1, -0.05) is 35.9 Å². The number of halogens is 1. The number of rotatable bonds is 5. The molecule has 0 bridgehead atoms. The smallest absolute Gasteiger partial charge is 0.261 e. The lowest BCUT2D eigenvalue weighted by atomic mass is 10.1. The van der Waals surface area contributed by atoms with Crippen molar-refractivity contribution in [2.24, 2.45) is 0 Å². The van der Waals surface area contributed by atoms with Gasteiger partial charge in [-0.3, -0.25) is 9.52 Å². The van der Waals surface area contributed by atoms with E-state index in [4.69, 9.17) is 11.6 Å². The molecule has 0 heterocycles. The molecule has 0 aliphatic heterocycles. The van der Waals surface area contributed by atoms with E-state index in [-0.39, 0.29) is 10.8 Å². The van der Waals surface area contributed by atoms with E-state index >= 15 is 0 Å². The topological polar surface area (TPSA) is 66.5 Å². The summed E-state index contributed by atoms with van der Waals surface area (Å²) in [5.74, 6) is -0.242. The normalized spacial score (nSPS) is 11.0. The summed E-state index contributed by atoms with van der Waals surface area (Å²) in [6.07, 6.45) is 0. The van der Waals surface area contributed by atoms with Crippen LogP contribution in [0.15, 0.2) is 83.8 Å². The van der Waals surface area contributed by atoms with Crippen LogP contribution in [0, 0.1) is 0 Å². The Labute approximate surface area is 163 Å². The van der Waals surface area contributed by atoms with Crippen molar-refractivity contribution in [2.45, 2.75) is 4.90 Å². The number of hydrogen-bond acceptors (Lipinski definition) is 3. The van der Waals surface area contributed by atoms with Crippen LogP contribution in [0.1, 0.15) is 10.4 Å². The summed E-state index contributed by atoms with van der Waals surface area (Å²) >= 11 is 5.80. The van der Waals surface area contributed by atoms with Crippen molar-refractivity contribution >= 4 is 38.9 Å². The maximum atomic E-state index is 12.7. The van der Waals surface area contributed by atoms with Gasteiger partial charge in [0.1, 0.15) is 0 Å². The standard InChI is InChI=1S/C20H17ClN2O3S/c1-23(18-8-3-2-4-9-18)20(24)15-6-5-7-17(14-15)22-27(25,26)19-12-10-16(21)11-13-19/h2-14,22H,1H3. The number of nitrogens with zero attached hydrogens (tertiary/aromatic N) is 1. The van der Waals surface area contributed by atoms with Gasteiger partial charge in [0.05, 0.1) is 4.90 Å². The molecular formula is C20H17ClN2O3S. The summed E-state index contributed by atoms with van der Waals surface area (Å²) in [5.41, 5.74) is 1.42. The quantitative estimate of drug-likeness (QED) is 0.689. The maximum absolute atomic E-state index is 12.7. The first-order valence-electron chi connectivity index (χ1n) is 8.08. The third kappa shape index (κ3) is 4.48. The maximum Gasteiger partial charge on any atom is 0.261 e. The number of carbonyl (C=O) groups excluding carboxylic acids is 1. The molecule has 0 radical (unpaired) electrons. The van der Waals surface area contributed by atoms with Crippen LogP contribution in [-0.2, 0) is 10.0 Å². The van der Waals surface area contributed by atoms with Crippen molar-refractivity contribution in [3.05, 3.63) is 89.4 Å². The number of nitrogens with one attached hydrogen (secondary N) is 1. The minimum absolute atomic E-state index is 0.0880. The van der Waals surface area contributed by atoms with E-state index in [0.717, 1.165) is 5.69 Å². The summed E-state index contributed by atoms with van der Waals surface area (Å²) in [4.78, 5) is 14.3. The van der Waals surface area contributed by atoms with Gasteiger partial charge in [-0.15, -0.1) is 0 Å². The van der Waals surface area contributed by atoms with Gasteiger partial charge >= 0.3 is 0 Å². The highest BCUT2D eigenvalue weighted by Crippen LogP contribution is 2.21. The van der Waals surface area contributed by atoms with Crippen molar-refractivity contribution in [1.29, 1.82) is 0 Å². The third-order valence-electron chi connectivity index (χ3n) is 3.93. The predicted molar refractivity (Wildman–Crippen MR) is 108 cm³/mol. The van der Waals surface area contributed by atoms with E-state index in [1.54, 1.807) is 25.2 Å². The van der Waals surface area contributed by atoms with Crippen LogP contribution in [0.25, 0.3) is 0 Å². The Morgan fingerprint density at radius 1 is 0.926 bits per heavy atom. The van der Waals surface area contributed by atoms with Gasteiger partial charge in [0.15, 0.2) is 0 Å². The van der Waals surface area contributed by atoms with E-state index < -0.39 is 10.0 Å². The molecule has 1 amide bonds. The summed E-state index contributed by atoms with van der Waals surface area (Å²) in [7, 11) is -2.11. The lowest BCUT2D eigenvalue weighted by Gasteiger charge is -2.18. The molecule has 0 saturated carbocycles. The lowest BCUT2D eigenvalue weighted by molar-refractivity contribution is 0.0993. The second-order valence-electron chi connectivity index (χ2n) is 5.84. The third-order valence-corrected chi connectivity index (χ3v) is 5.58. The first-order valence-corrected chi connectivity index (χ1v) is 9.94. The van der Waals surface area contributed by atoms with Gasteiger partial charge < -0.3 is 4.90 Å². The molecule has 5 nitrogen and oxygen atoms in total. The average Bonchev–Trinajstić information content (AvgIpc) is 2.67. The Morgan fingerprint density at radius 3 is 2.26 bits per heavy atom. The van der Waals surface area contributed by atoms with Crippen LogP contribution in [0.3, 0.4) is 0 Å². The number of sulfonamides is 1. The first-order chi connectivity index (χ1) is 12.9. The van der Waals surface area contributed by atoms with Gasteiger partial charge in [-0.2, -0.15) is 0 Å². The van der Waals surface area contributed by atoms with E-state index in [2.05, 4.69) is 4.72 Å². The van der Waals surface area contributed by atoms with Crippen molar-refractivity contribution < 1.29 is 13.2 Å².